The zero-order chi connectivity index (χ0) is 36.6. The highest BCUT2D eigenvalue weighted by Crippen LogP contribution is 2.23. The third-order valence-electron chi connectivity index (χ3n) is 9.03. The molecule has 2 aromatic carbocycles. The molecule has 1 unspecified atom stereocenters. The first-order chi connectivity index (χ1) is 23.9. The van der Waals surface area contributed by atoms with Crippen molar-refractivity contribution in [1.29, 1.82) is 0 Å². The predicted octanol–water partition coefficient (Wildman–Crippen LogP) is 1.08. The van der Waals surface area contributed by atoms with Crippen molar-refractivity contribution in [3.05, 3.63) is 71.8 Å². The summed E-state index contributed by atoms with van der Waals surface area (Å²) in [7, 11) is 0. The van der Waals surface area contributed by atoms with Gasteiger partial charge in [-0.3, -0.25) is 24.0 Å². The van der Waals surface area contributed by atoms with Crippen molar-refractivity contribution in [2.24, 2.45) is 29.0 Å². The lowest BCUT2D eigenvalue weighted by atomic mass is 9.90. The van der Waals surface area contributed by atoms with E-state index in [1.54, 1.807) is 4.90 Å². The maximum atomic E-state index is 13.9. The molecule has 0 spiro atoms. The van der Waals surface area contributed by atoms with Gasteiger partial charge in [0.1, 0.15) is 24.2 Å². The number of nitrogens with one attached hydrogen (secondary N) is 3. The Morgan fingerprint density at radius 2 is 1.28 bits per heavy atom. The highest BCUT2D eigenvalue weighted by atomic mass is 16.4. The maximum Gasteiger partial charge on any atom is 0.320 e. The molecule has 0 aliphatic carbocycles. The van der Waals surface area contributed by atoms with E-state index in [0.717, 1.165) is 11.1 Å². The Balaban J connectivity index is 1.72. The monoisotopic (exact) mass is 693 g/mol. The molecule has 13 nitrogen and oxygen atoms in total. The fourth-order valence-corrected chi connectivity index (χ4v) is 6.19. The van der Waals surface area contributed by atoms with E-state index in [9.17, 15) is 24.0 Å². The lowest BCUT2D eigenvalue weighted by molar-refractivity contribution is -0.140. The summed E-state index contributed by atoms with van der Waals surface area (Å²) >= 11 is 0. The molecule has 274 valence electrons. The van der Waals surface area contributed by atoms with Crippen molar-refractivity contribution in [3.63, 3.8) is 0 Å². The molecule has 13 heteroatoms. The normalized spacial score (nSPS) is 16.5. The van der Waals surface area contributed by atoms with Gasteiger partial charge >= 0.3 is 5.97 Å². The molecule has 1 heterocycles. The number of likely N-dealkylation sites (tertiary alicyclic amines) is 1. The molecule has 0 bridgehead atoms. The third kappa shape index (κ3) is 13.2. The van der Waals surface area contributed by atoms with E-state index >= 15 is 0 Å². The van der Waals surface area contributed by atoms with Crippen LogP contribution in [-0.4, -0.2) is 89.4 Å². The van der Waals surface area contributed by atoms with Crippen LogP contribution >= 0.6 is 0 Å². The number of aliphatic carboxylic acids is 1. The minimum atomic E-state index is -1.04. The topological polar surface area (TPSA) is 223 Å². The van der Waals surface area contributed by atoms with Crippen molar-refractivity contribution < 1.29 is 29.1 Å². The zero-order valence-electron chi connectivity index (χ0n) is 29.3. The number of amides is 4. The van der Waals surface area contributed by atoms with Crippen molar-refractivity contribution in [1.82, 2.24) is 20.9 Å². The largest absolute Gasteiger partial charge is 0.480 e. The van der Waals surface area contributed by atoms with Crippen LogP contribution in [0.25, 0.3) is 0 Å². The average Bonchev–Trinajstić information content (AvgIpc) is 3.09. The minimum absolute atomic E-state index is 0.0157. The van der Waals surface area contributed by atoms with Crippen LogP contribution in [-0.2, 0) is 36.8 Å². The van der Waals surface area contributed by atoms with E-state index in [1.165, 1.54) is 0 Å². The summed E-state index contributed by atoms with van der Waals surface area (Å²) in [5.41, 5.74) is 19.4. The third-order valence-corrected chi connectivity index (χ3v) is 9.03. The molecule has 4 amide bonds. The van der Waals surface area contributed by atoms with Gasteiger partial charge < -0.3 is 43.2 Å². The van der Waals surface area contributed by atoms with Crippen LogP contribution in [0, 0.1) is 11.8 Å². The van der Waals surface area contributed by atoms with Crippen molar-refractivity contribution in [3.8, 4) is 0 Å². The molecule has 1 aliphatic rings. The van der Waals surface area contributed by atoms with Gasteiger partial charge in [0.2, 0.25) is 23.6 Å². The first-order valence-corrected chi connectivity index (χ1v) is 17.6. The molecule has 50 heavy (non-hydrogen) atoms. The first-order valence-electron chi connectivity index (χ1n) is 17.6. The fraction of sp³-hybridized carbons (Fsp3) is 0.541. The smallest absolute Gasteiger partial charge is 0.320 e. The number of hydrogen-bond donors (Lipinski definition) is 7. The Morgan fingerprint density at radius 1 is 0.760 bits per heavy atom. The van der Waals surface area contributed by atoms with Gasteiger partial charge in [-0.25, -0.2) is 0 Å². The van der Waals surface area contributed by atoms with Crippen molar-refractivity contribution in [2.75, 3.05) is 19.6 Å². The van der Waals surface area contributed by atoms with Gasteiger partial charge in [0.25, 0.3) is 0 Å². The number of carboxylic acids is 1. The van der Waals surface area contributed by atoms with Crippen LogP contribution in [0.5, 0.6) is 0 Å². The van der Waals surface area contributed by atoms with Crippen LogP contribution < -0.4 is 33.2 Å². The number of carbonyl (C=O) groups excluding carboxylic acids is 4. The number of nitrogens with two attached hydrogens (primary N) is 3. The maximum absolute atomic E-state index is 13.9. The molecule has 10 N–H and O–H groups in total. The quantitative estimate of drug-likeness (QED) is 0.112. The molecule has 0 radical (unpaired) electrons. The summed E-state index contributed by atoms with van der Waals surface area (Å²) in [5.74, 6) is -2.72. The van der Waals surface area contributed by atoms with Crippen LogP contribution in [0.2, 0.25) is 0 Å². The van der Waals surface area contributed by atoms with Crippen LogP contribution in [0.15, 0.2) is 60.7 Å². The summed E-state index contributed by atoms with van der Waals surface area (Å²) in [6.45, 7) is 5.02. The van der Waals surface area contributed by atoms with Gasteiger partial charge in [-0.2, -0.15) is 0 Å². The Labute approximate surface area is 295 Å². The summed E-state index contributed by atoms with van der Waals surface area (Å²) in [4.78, 5) is 67.5. The first kappa shape index (κ1) is 40.1. The van der Waals surface area contributed by atoms with Crippen molar-refractivity contribution >= 4 is 29.6 Å². The molecular weight excluding hydrogens is 638 g/mol. The van der Waals surface area contributed by atoms with Gasteiger partial charge in [-0.1, -0.05) is 74.5 Å². The van der Waals surface area contributed by atoms with E-state index in [1.807, 2.05) is 74.5 Å². The predicted molar refractivity (Wildman–Crippen MR) is 191 cm³/mol. The second kappa shape index (κ2) is 20.4. The molecule has 0 saturated carbocycles. The SMILES string of the molecule is CC(C)C[C@@H](NC(=O)[C@@H](Cc1ccccc1)NC(=O)[C@H](N)Cc1ccccc1)C(=O)N[C@H](CCCN)C(=O)N1CCC(CC(N)C(=O)O)CC1. The summed E-state index contributed by atoms with van der Waals surface area (Å²) in [5, 5.41) is 17.7. The van der Waals surface area contributed by atoms with Crippen LogP contribution in [0.3, 0.4) is 0 Å². The van der Waals surface area contributed by atoms with Gasteiger partial charge in [-0.15, -0.1) is 0 Å². The van der Waals surface area contributed by atoms with E-state index in [-0.39, 0.29) is 30.6 Å². The number of carbonyl (C=O) groups is 5. The summed E-state index contributed by atoms with van der Waals surface area (Å²) in [6, 6.07) is 13.9. The van der Waals surface area contributed by atoms with E-state index < -0.39 is 53.9 Å². The number of piperidine rings is 1. The number of nitrogens with zero attached hydrogens (tertiary/aromatic N) is 1. The molecule has 1 fully saturated rings. The number of benzene rings is 2. The lowest BCUT2D eigenvalue weighted by Gasteiger charge is -2.35. The van der Waals surface area contributed by atoms with E-state index in [2.05, 4.69) is 16.0 Å². The Morgan fingerprint density at radius 3 is 1.82 bits per heavy atom. The lowest BCUT2D eigenvalue weighted by Crippen LogP contribution is -2.59. The second-order valence-electron chi connectivity index (χ2n) is 13.7. The van der Waals surface area contributed by atoms with Crippen LogP contribution in [0.1, 0.15) is 63.5 Å². The van der Waals surface area contributed by atoms with Gasteiger partial charge in [0.15, 0.2) is 0 Å². The Kier molecular flexibility index (Phi) is 16.3. The number of rotatable bonds is 19. The molecule has 1 aliphatic heterocycles. The standard InChI is InChI=1S/C37H55N7O6/c1-24(2)20-31(34(46)41-30(14-9-17-38)36(48)44-18-15-27(16-19-44)22-29(40)37(49)50)43-35(47)32(23-26-12-7-4-8-13-26)42-33(45)28(39)21-25-10-5-3-6-11-25/h3-8,10-13,24,27-32H,9,14-23,38-40H2,1-2H3,(H,41,46)(H,42,45)(H,43,47)(H,49,50)/t28-,29?,30-,31-,32-/m1/s1. The van der Waals surface area contributed by atoms with Gasteiger partial charge in [-0.05, 0) is 74.5 Å². The van der Waals surface area contributed by atoms with Crippen LogP contribution in [0.4, 0.5) is 0 Å². The highest BCUT2D eigenvalue weighted by molar-refractivity contribution is 5.95. The van der Waals surface area contributed by atoms with Crippen molar-refractivity contribution in [2.45, 2.75) is 95.4 Å². The summed E-state index contributed by atoms with van der Waals surface area (Å²) < 4.78 is 0. The molecule has 1 saturated heterocycles. The zero-order valence-corrected chi connectivity index (χ0v) is 29.3. The molecule has 5 atom stereocenters. The number of hydrogen-bond acceptors (Lipinski definition) is 8. The van der Waals surface area contributed by atoms with E-state index in [0.29, 0.717) is 58.2 Å². The number of carboxylic acid groups (broad SMARTS) is 1. The molecule has 3 rings (SSSR count). The molecule has 2 aromatic rings. The molecule has 0 aromatic heterocycles. The summed E-state index contributed by atoms with van der Waals surface area (Å²) in [6.07, 6.45) is 3.14. The van der Waals surface area contributed by atoms with Gasteiger partial charge in [0.05, 0.1) is 6.04 Å². The van der Waals surface area contributed by atoms with Gasteiger partial charge in [0, 0.05) is 19.5 Å². The average molecular weight is 694 g/mol. The molecular formula is C37H55N7O6. The minimum Gasteiger partial charge on any atom is -0.480 e. The second-order valence-corrected chi connectivity index (χ2v) is 13.7. The Bertz CT molecular complexity index is 1390. The Hall–Kier alpha value is -4.33. The fourth-order valence-electron chi connectivity index (χ4n) is 6.19. The van der Waals surface area contributed by atoms with E-state index in [4.69, 9.17) is 22.3 Å². The highest BCUT2D eigenvalue weighted by Gasteiger charge is 2.34.